The van der Waals surface area contributed by atoms with Crippen molar-refractivity contribution < 1.29 is 19.1 Å². The lowest BCUT2D eigenvalue weighted by molar-refractivity contribution is -0.147. The van der Waals surface area contributed by atoms with Crippen LogP contribution >= 0.6 is 0 Å². The number of amides is 2. The summed E-state index contributed by atoms with van der Waals surface area (Å²) >= 11 is 0. The maximum atomic E-state index is 11.9. The number of aryl methyl sites for hydroxylation is 2. The number of esters is 1. The first-order valence-electron chi connectivity index (χ1n) is 8.88. The minimum absolute atomic E-state index is 0.00649. The van der Waals surface area contributed by atoms with Gasteiger partial charge in [-0.3, -0.25) is 14.4 Å². The van der Waals surface area contributed by atoms with E-state index in [0.29, 0.717) is 11.4 Å². The highest BCUT2D eigenvalue weighted by atomic mass is 16.5. The van der Waals surface area contributed by atoms with Crippen LogP contribution in [-0.4, -0.2) is 24.4 Å². The molecule has 0 aromatic heterocycles. The summed E-state index contributed by atoms with van der Waals surface area (Å²) in [4.78, 5) is 35.6. The Morgan fingerprint density at radius 2 is 1.48 bits per heavy atom. The molecule has 2 rings (SSSR count). The van der Waals surface area contributed by atoms with Crippen LogP contribution in [0.4, 0.5) is 11.4 Å². The zero-order valence-corrected chi connectivity index (χ0v) is 15.6. The third-order valence-corrected chi connectivity index (χ3v) is 4.01. The summed E-state index contributed by atoms with van der Waals surface area (Å²) < 4.78 is 4.94. The third kappa shape index (κ3) is 6.58. The smallest absolute Gasteiger partial charge is 0.306 e. The molecule has 0 radical (unpaired) electrons. The Balaban J connectivity index is 1.72. The highest BCUT2D eigenvalue weighted by molar-refractivity contribution is 5.95. The molecule has 0 spiro atoms. The van der Waals surface area contributed by atoms with Gasteiger partial charge in [-0.1, -0.05) is 43.3 Å². The molecule has 0 aliphatic heterocycles. The van der Waals surface area contributed by atoms with E-state index >= 15 is 0 Å². The molecular weight excluding hydrogens is 344 g/mol. The van der Waals surface area contributed by atoms with E-state index in [0.717, 1.165) is 17.5 Å². The Hall–Kier alpha value is -3.15. The molecule has 0 atom stereocenters. The van der Waals surface area contributed by atoms with Crippen molar-refractivity contribution in [2.45, 2.75) is 33.1 Å². The highest BCUT2D eigenvalue weighted by Gasteiger charge is 2.12. The lowest BCUT2D eigenvalue weighted by Crippen LogP contribution is -2.22. The fourth-order valence-corrected chi connectivity index (χ4v) is 2.50. The first kappa shape index (κ1) is 20.2. The molecule has 0 unspecified atom stereocenters. The van der Waals surface area contributed by atoms with Gasteiger partial charge in [0.1, 0.15) is 0 Å². The van der Waals surface area contributed by atoms with E-state index in [1.807, 2.05) is 50.2 Å². The standard InChI is InChI=1S/C21H24N2O4/c1-3-16-9-5-7-11-18(16)23-20(25)14-27-21(26)13-12-19(24)22-17-10-6-4-8-15(17)2/h4-11H,3,12-14H2,1-2H3,(H,22,24)(H,23,25). The average Bonchev–Trinajstić information content (AvgIpc) is 2.67. The topological polar surface area (TPSA) is 84.5 Å². The summed E-state index contributed by atoms with van der Waals surface area (Å²) in [5.74, 6) is -1.27. The van der Waals surface area contributed by atoms with E-state index in [2.05, 4.69) is 10.6 Å². The van der Waals surface area contributed by atoms with Crippen LogP contribution in [0.5, 0.6) is 0 Å². The monoisotopic (exact) mass is 368 g/mol. The van der Waals surface area contributed by atoms with E-state index < -0.39 is 11.9 Å². The average molecular weight is 368 g/mol. The van der Waals surface area contributed by atoms with Crippen LogP contribution in [0.3, 0.4) is 0 Å². The summed E-state index contributed by atoms with van der Waals surface area (Å²) in [6.07, 6.45) is 0.691. The van der Waals surface area contributed by atoms with Gasteiger partial charge in [-0.15, -0.1) is 0 Å². The first-order chi connectivity index (χ1) is 13.0. The molecule has 6 nitrogen and oxygen atoms in total. The van der Waals surface area contributed by atoms with Crippen LogP contribution in [-0.2, 0) is 25.5 Å². The van der Waals surface area contributed by atoms with Gasteiger partial charge in [-0.25, -0.2) is 0 Å². The van der Waals surface area contributed by atoms with Crippen LogP contribution in [0.2, 0.25) is 0 Å². The minimum atomic E-state index is -0.589. The molecule has 0 saturated carbocycles. The number of nitrogens with one attached hydrogen (secondary N) is 2. The molecule has 142 valence electrons. The van der Waals surface area contributed by atoms with Crippen LogP contribution in [0.25, 0.3) is 0 Å². The summed E-state index contributed by atoms with van der Waals surface area (Å²) in [6.45, 7) is 3.50. The van der Waals surface area contributed by atoms with Crippen molar-refractivity contribution in [2.75, 3.05) is 17.2 Å². The fraction of sp³-hybridized carbons (Fsp3) is 0.286. The first-order valence-corrected chi connectivity index (χ1v) is 8.88. The molecule has 0 aliphatic rings. The number of benzene rings is 2. The molecule has 2 N–H and O–H groups in total. The van der Waals surface area contributed by atoms with Crippen LogP contribution < -0.4 is 10.6 Å². The Kier molecular flexibility index (Phi) is 7.55. The maximum Gasteiger partial charge on any atom is 0.306 e. The van der Waals surface area contributed by atoms with Gasteiger partial charge in [0, 0.05) is 17.8 Å². The van der Waals surface area contributed by atoms with E-state index in [9.17, 15) is 14.4 Å². The van der Waals surface area contributed by atoms with Gasteiger partial charge < -0.3 is 15.4 Å². The van der Waals surface area contributed by atoms with Crippen LogP contribution in [0.1, 0.15) is 30.9 Å². The molecule has 0 saturated heterocycles. The summed E-state index contributed by atoms with van der Waals surface area (Å²) in [6, 6.07) is 14.8. The summed E-state index contributed by atoms with van der Waals surface area (Å²) in [5.41, 5.74) is 3.37. The zero-order chi connectivity index (χ0) is 19.6. The fourth-order valence-electron chi connectivity index (χ4n) is 2.50. The quantitative estimate of drug-likeness (QED) is 0.699. The van der Waals surface area contributed by atoms with Gasteiger partial charge in [0.05, 0.1) is 6.42 Å². The van der Waals surface area contributed by atoms with Crippen molar-refractivity contribution in [1.82, 2.24) is 0 Å². The number of hydrogen-bond donors (Lipinski definition) is 2. The number of carbonyl (C=O) groups excluding carboxylic acids is 3. The molecule has 2 aromatic rings. The summed E-state index contributed by atoms with van der Waals surface area (Å²) in [7, 11) is 0. The predicted molar refractivity (Wildman–Crippen MR) is 104 cm³/mol. The van der Waals surface area contributed by atoms with Crippen molar-refractivity contribution >= 4 is 29.2 Å². The number of para-hydroxylation sites is 2. The number of rotatable bonds is 8. The van der Waals surface area contributed by atoms with Crippen molar-refractivity contribution in [2.24, 2.45) is 0 Å². The van der Waals surface area contributed by atoms with Gasteiger partial charge in [0.2, 0.25) is 5.91 Å². The summed E-state index contributed by atoms with van der Waals surface area (Å²) in [5, 5.41) is 5.47. The van der Waals surface area contributed by atoms with Gasteiger partial charge in [0.15, 0.2) is 6.61 Å². The Bertz CT molecular complexity index is 817. The Labute approximate surface area is 158 Å². The second-order valence-electron chi connectivity index (χ2n) is 6.08. The Morgan fingerprint density at radius 3 is 2.19 bits per heavy atom. The van der Waals surface area contributed by atoms with Crippen molar-refractivity contribution in [1.29, 1.82) is 0 Å². The maximum absolute atomic E-state index is 11.9. The molecule has 2 amide bonds. The lowest BCUT2D eigenvalue weighted by atomic mass is 10.1. The molecule has 27 heavy (non-hydrogen) atoms. The van der Waals surface area contributed by atoms with Gasteiger partial charge in [0.25, 0.3) is 5.91 Å². The van der Waals surface area contributed by atoms with E-state index in [1.165, 1.54) is 0 Å². The lowest BCUT2D eigenvalue weighted by Gasteiger charge is -2.10. The van der Waals surface area contributed by atoms with E-state index in [1.54, 1.807) is 12.1 Å². The predicted octanol–water partition coefficient (Wildman–Crippen LogP) is 3.46. The SMILES string of the molecule is CCc1ccccc1NC(=O)COC(=O)CCC(=O)Nc1ccccc1C. The number of hydrogen-bond acceptors (Lipinski definition) is 4. The molecule has 0 aliphatic carbocycles. The highest BCUT2D eigenvalue weighted by Crippen LogP contribution is 2.15. The number of anilines is 2. The van der Waals surface area contributed by atoms with Crippen LogP contribution in [0.15, 0.2) is 48.5 Å². The van der Waals surface area contributed by atoms with Crippen LogP contribution in [0, 0.1) is 6.92 Å². The number of carbonyl (C=O) groups is 3. The molecule has 6 heteroatoms. The second kappa shape index (κ2) is 10.1. The molecule has 0 bridgehead atoms. The number of ether oxygens (including phenoxy) is 1. The second-order valence-corrected chi connectivity index (χ2v) is 6.08. The van der Waals surface area contributed by atoms with Gasteiger partial charge in [-0.05, 0) is 36.6 Å². The van der Waals surface area contributed by atoms with E-state index in [-0.39, 0.29) is 25.4 Å². The van der Waals surface area contributed by atoms with Gasteiger partial charge in [-0.2, -0.15) is 0 Å². The molecule has 2 aromatic carbocycles. The van der Waals surface area contributed by atoms with Crippen molar-refractivity contribution in [3.8, 4) is 0 Å². The van der Waals surface area contributed by atoms with Crippen molar-refractivity contribution in [3.63, 3.8) is 0 Å². The largest absolute Gasteiger partial charge is 0.456 e. The molecule has 0 fully saturated rings. The Morgan fingerprint density at radius 1 is 0.852 bits per heavy atom. The van der Waals surface area contributed by atoms with Gasteiger partial charge >= 0.3 is 5.97 Å². The minimum Gasteiger partial charge on any atom is -0.456 e. The van der Waals surface area contributed by atoms with Crippen molar-refractivity contribution in [3.05, 3.63) is 59.7 Å². The molecular formula is C21H24N2O4. The normalized spacial score (nSPS) is 10.1. The zero-order valence-electron chi connectivity index (χ0n) is 15.6. The van der Waals surface area contributed by atoms with E-state index in [4.69, 9.17) is 4.74 Å². The third-order valence-electron chi connectivity index (χ3n) is 4.01. The molecule has 0 heterocycles.